The van der Waals surface area contributed by atoms with E-state index in [1.54, 1.807) is 0 Å². The molecule has 6 nitrogen and oxygen atoms in total. The van der Waals surface area contributed by atoms with Gasteiger partial charge in [-0.1, -0.05) is 45.2 Å². The van der Waals surface area contributed by atoms with E-state index in [1.165, 1.54) is 11.7 Å². The number of nitrogens with zero attached hydrogens (tertiary/aromatic N) is 3. The molecule has 1 aromatic rings. The molecule has 0 aliphatic heterocycles. The molecular weight excluding hydrogens is 375 g/mol. The van der Waals surface area contributed by atoms with Crippen molar-refractivity contribution < 1.29 is 27.5 Å². The summed E-state index contributed by atoms with van der Waals surface area (Å²) in [4.78, 5) is 24.0. The number of esters is 1. The van der Waals surface area contributed by atoms with Gasteiger partial charge in [-0.05, 0) is 5.04 Å². The van der Waals surface area contributed by atoms with E-state index in [2.05, 4.69) is 14.9 Å². The van der Waals surface area contributed by atoms with Gasteiger partial charge in [-0.3, -0.25) is 9.59 Å². The number of methoxy groups -OCH3 is 1. The molecule has 1 amide bonds. The number of ether oxygens (including phenoxy) is 1. The highest BCUT2D eigenvalue weighted by Crippen LogP contribution is 2.43. The van der Waals surface area contributed by atoms with Crippen molar-refractivity contribution >= 4 is 36.6 Å². The molecule has 142 valence electrons. The summed E-state index contributed by atoms with van der Waals surface area (Å²) in [6, 6.07) is 0. The Labute approximate surface area is 149 Å². The van der Waals surface area contributed by atoms with Crippen molar-refractivity contribution in [3.63, 3.8) is 0 Å². The van der Waals surface area contributed by atoms with E-state index < -0.39 is 31.3 Å². The summed E-state index contributed by atoms with van der Waals surface area (Å²) in [6.45, 7) is 9.51. The first kappa shape index (κ1) is 21.5. The molecule has 0 saturated carbocycles. The van der Waals surface area contributed by atoms with Gasteiger partial charge in [0.25, 0.3) is 0 Å². The molecule has 0 radical (unpaired) electrons. The number of rotatable bonds is 5. The smallest absolute Gasteiger partial charge is 0.445 e. The predicted octanol–water partition coefficient (Wildman–Crippen LogP) is 3.85. The Hall–Kier alpha value is -1.49. The molecule has 0 aliphatic rings. The normalized spacial score (nSPS) is 12.8. The van der Waals surface area contributed by atoms with Crippen molar-refractivity contribution in [1.82, 2.24) is 10.2 Å². The molecule has 0 spiro atoms. The second-order valence-corrected chi connectivity index (χ2v) is 13.0. The molecule has 0 fully saturated rings. The molecule has 0 bridgehead atoms. The highest BCUT2D eigenvalue weighted by Gasteiger charge is 2.47. The van der Waals surface area contributed by atoms with Gasteiger partial charge in [0.1, 0.15) is 0 Å². The molecule has 0 aliphatic carbocycles. The van der Waals surface area contributed by atoms with Gasteiger partial charge in [-0.15, -0.1) is 10.2 Å². The maximum Gasteiger partial charge on any atom is 0.445 e. The molecule has 1 aromatic heterocycles. The van der Waals surface area contributed by atoms with Crippen LogP contribution in [-0.2, 0) is 20.5 Å². The van der Waals surface area contributed by atoms with Crippen molar-refractivity contribution in [2.45, 2.75) is 57.9 Å². The Morgan fingerprint density at radius 3 is 2.12 bits per heavy atom. The molecule has 0 aromatic carbocycles. The van der Waals surface area contributed by atoms with Crippen LogP contribution in [0.2, 0.25) is 18.1 Å². The Morgan fingerprint density at radius 2 is 1.72 bits per heavy atom. The van der Waals surface area contributed by atoms with Gasteiger partial charge in [0.2, 0.25) is 16.0 Å². The van der Waals surface area contributed by atoms with Gasteiger partial charge in [0.05, 0.1) is 13.5 Å². The van der Waals surface area contributed by atoms with E-state index in [0.717, 1.165) is 0 Å². The Bertz CT molecular complexity index is 641. The van der Waals surface area contributed by atoms with Crippen molar-refractivity contribution in [1.29, 1.82) is 0 Å². The van der Waals surface area contributed by atoms with E-state index in [4.69, 9.17) is 0 Å². The number of halogens is 3. The lowest BCUT2D eigenvalue weighted by atomic mass is 10.2. The zero-order chi connectivity index (χ0) is 19.6. The lowest BCUT2D eigenvalue weighted by Gasteiger charge is -2.44. The van der Waals surface area contributed by atoms with Gasteiger partial charge >= 0.3 is 12.1 Å². The van der Waals surface area contributed by atoms with Gasteiger partial charge < -0.3 is 9.30 Å². The Morgan fingerprint density at radius 1 is 1.16 bits per heavy atom. The zero-order valence-corrected chi connectivity index (χ0v) is 16.8. The standard InChI is InChI=1S/C14H22F3N3O3SSi/c1-13(2,3)25(5,6)20(9(21)7-8-10(22)23-4)12-19-18-11(24-12)14(15,16)17/h7-8H2,1-6H3. The minimum absolute atomic E-state index is 0.0891. The fourth-order valence-electron chi connectivity index (χ4n) is 1.84. The van der Waals surface area contributed by atoms with Crippen molar-refractivity contribution in [2.75, 3.05) is 11.7 Å². The van der Waals surface area contributed by atoms with Crippen LogP contribution in [0, 0.1) is 0 Å². The molecule has 1 heterocycles. The summed E-state index contributed by atoms with van der Waals surface area (Å²) in [5.74, 6) is -1.02. The van der Waals surface area contributed by atoms with Gasteiger partial charge in [0.15, 0.2) is 8.24 Å². The maximum atomic E-state index is 12.9. The van der Waals surface area contributed by atoms with Crippen LogP contribution in [-0.4, -0.2) is 37.4 Å². The number of hydrogen-bond acceptors (Lipinski definition) is 6. The quantitative estimate of drug-likeness (QED) is 0.557. The number of anilines is 1. The second-order valence-electron chi connectivity index (χ2n) is 7.00. The zero-order valence-electron chi connectivity index (χ0n) is 15.0. The fraction of sp³-hybridized carbons (Fsp3) is 0.714. The number of amides is 1. The molecule has 0 atom stereocenters. The SMILES string of the molecule is COC(=O)CCC(=O)N(c1nnc(C(F)(F)F)s1)[Si](C)(C)C(C)(C)C. The average molecular weight is 397 g/mol. The van der Waals surface area contributed by atoms with Crippen LogP contribution in [0.4, 0.5) is 18.3 Å². The molecule has 0 N–H and O–H groups in total. The highest BCUT2D eigenvalue weighted by molar-refractivity contribution is 7.16. The van der Waals surface area contributed by atoms with E-state index in [1.807, 2.05) is 33.9 Å². The van der Waals surface area contributed by atoms with Crippen LogP contribution in [0.25, 0.3) is 0 Å². The number of carbonyl (C=O) groups is 2. The minimum Gasteiger partial charge on any atom is -0.469 e. The van der Waals surface area contributed by atoms with Crippen LogP contribution >= 0.6 is 11.3 Å². The largest absolute Gasteiger partial charge is 0.469 e. The number of hydrogen-bond donors (Lipinski definition) is 0. The third-order valence-corrected chi connectivity index (χ3v) is 10.6. The number of aromatic nitrogens is 2. The fourth-order valence-corrected chi connectivity index (χ4v) is 5.23. The first-order valence-electron chi connectivity index (χ1n) is 7.52. The number of carbonyl (C=O) groups excluding carboxylic acids is 2. The van der Waals surface area contributed by atoms with Gasteiger partial charge in [-0.2, -0.15) is 13.2 Å². The average Bonchev–Trinajstić information content (AvgIpc) is 2.92. The molecular formula is C14H22F3N3O3SSi. The van der Waals surface area contributed by atoms with Crippen LogP contribution in [0.3, 0.4) is 0 Å². The maximum absolute atomic E-state index is 12.9. The van der Waals surface area contributed by atoms with Crippen molar-refractivity contribution in [3.8, 4) is 0 Å². The van der Waals surface area contributed by atoms with E-state index >= 15 is 0 Å². The lowest BCUT2D eigenvalue weighted by molar-refractivity contribution is -0.141. The molecule has 0 saturated heterocycles. The third kappa shape index (κ3) is 5.00. The van der Waals surface area contributed by atoms with Gasteiger partial charge in [-0.25, -0.2) is 0 Å². The van der Waals surface area contributed by atoms with E-state index in [9.17, 15) is 22.8 Å². The topological polar surface area (TPSA) is 72.4 Å². The van der Waals surface area contributed by atoms with E-state index in [0.29, 0.717) is 11.3 Å². The number of alkyl halides is 3. The van der Waals surface area contributed by atoms with Crippen LogP contribution in [0.5, 0.6) is 0 Å². The summed E-state index contributed by atoms with van der Waals surface area (Å²) in [5, 5.41) is 5.25. The Balaban J connectivity index is 3.27. The lowest BCUT2D eigenvalue weighted by Crippen LogP contribution is -2.58. The first-order valence-corrected chi connectivity index (χ1v) is 11.3. The first-order chi connectivity index (χ1) is 11.2. The summed E-state index contributed by atoms with van der Waals surface area (Å²) in [7, 11) is -1.39. The van der Waals surface area contributed by atoms with Crippen LogP contribution < -0.4 is 4.57 Å². The van der Waals surface area contributed by atoms with Crippen molar-refractivity contribution in [3.05, 3.63) is 5.01 Å². The highest BCUT2D eigenvalue weighted by atomic mass is 32.1. The van der Waals surface area contributed by atoms with Gasteiger partial charge in [0, 0.05) is 6.42 Å². The second kappa shape index (κ2) is 7.40. The molecule has 25 heavy (non-hydrogen) atoms. The monoisotopic (exact) mass is 397 g/mol. The summed E-state index contributed by atoms with van der Waals surface area (Å²) >= 11 is 0.336. The minimum atomic E-state index is -4.62. The Kier molecular flexibility index (Phi) is 6.38. The summed E-state index contributed by atoms with van der Waals surface area (Å²) in [6.07, 6.45) is -4.93. The molecule has 11 heteroatoms. The van der Waals surface area contributed by atoms with E-state index in [-0.39, 0.29) is 23.0 Å². The molecule has 0 unspecified atom stereocenters. The van der Waals surface area contributed by atoms with Crippen LogP contribution in [0.1, 0.15) is 38.6 Å². The molecule has 1 rings (SSSR count). The van der Waals surface area contributed by atoms with Crippen molar-refractivity contribution in [2.24, 2.45) is 0 Å². The van der Waals surface area contributed by atoms with Crippen LogP contribution in [0.15, 0.2) is 0 Å². The summed E-state index contributed by atoms with van der Waals surface area (Å²) in [5.41, 5.74) is 0. The third-order valence-electron chi connectivity index (χ3n) is 4.26. The summed E-state index contributed by atoms with van der Waals surface area (Å²) < 4.78 is 44.4. The predicted molar refractivity (Wildman–Crippen MR) is 90.8 cm³/mol.